The second-order valence-electron chi connectivity index (χ2n) is 6.44. The minimum atomic E-state index is -0.206. The Labute approximate surface area is 142 Å². The molecule has 1 heterocycles. The predicted octanol–water partition coefficient (Wildman–Crippen LogP) is 5.54. The van der Waals surface area contributed by atoms with Gasteiger partial charge >= 0.3 is 0 Å². The highest BCUT2D eigenvalue weighted by molar-refractivity contribution is 6.04. The van der Waals surface area contributed by atoms with Crippen LogP contribution in [0.1, 0.15) is 24.5 Å². The zero-order valence-electron chi connectivity index (χ0n) is 13.7. The number of aliphatic imine (C=N–C) groups is 1. The highest BCUT2D eigenvalue weighted by atomic mass is 15.0. The maximum absolute atomic E-state index is 4.98. The molecule has 1 aliphatic rings. The maximum atomic E-state index is 4.98. The second kappa shape index (κ2) is 5.97. The van der Waals surface area contributed by atoms with E-state index in [1.54, 1.807) is 0 Å². The number of anilines is 1. The van der Waals surface area contributed by atoms with E-state index in [2.05, 4.69) is 85.0 Å². The van der Waals surface area contributed by atoms with Crippen molar-refractivity contribution in [2.75, 3.05) is 5.32 Å². The van der Waals surface area contributed by atoms with Crippen LogP contribution in [-0.2, 0) is 5.54 Å². The molecule has 0 spiro atoms. The van der Waals surface area contributed by atoms with Gasteiger partial charge in [0.05, 0.1) is 22.6 Å². The molecule has 2 nitrogen and oxygen atoms in total. The highest BCUT2D eigenvalue weighted by Gasteiger charge is 2.31. The summed E-state index contributed by atoms with van der Waals surface area (Å²) >= 11 is 0. The van der Waals surface area contributed by atoms with Gasteiger partial charge in [0.1, 0.15) is 0 Å². The molecule has 0 saturated carbocycles. The molecule has 0 aliphatic carbocycles. The first-order valence-corrected chi connectivity index (χ1v) is 8.30. The molecule has 3 aromatic carbocycles. The van der Waals surface area contributed by atoms with Crippen LogP contribution < -0.4 is 5.32 Å². The molecule has 0 aromatic heterocycles. The van der Waals surface area contributed by atoms with Crippen molar-refractivity contribution in [1.82, 2.24) is 0 Å². The van der Waals surface area contributed by atoms with Crippen LogP contribution in [-0.4, -0.2) is 5.71 Å². The van der Waals surface area contributed by atoms with Crippen molar-refractivity contribution in [1.29, 1.82) is 0 Å². The van der Waals surface area contributed by atoms with E-state index in [0.29, 0.717) is 0 Å². The number of para-hydroxylation sites is 2. The Hall–Kier alpha value is -2.87. The monoisotopic (exact) mass is 312 g/mol. The van der Waals surface area contributed by atoms with Gasteiger partial charge in [-0.05, 0) is 30.2 Å². The van der Waals surface area contributed by atoms with Crippen molar-refractivity contribution >= 4 is 17.1 Å². The summed E-state index contributed by atoms with van der Waals surface area (Å²) in [5.41, 5.74) is 5.43. The lowest BCUT2D eigenvalue weighted by Crippen LogP contribution is -2.33. The van der Waals surface area contributed by atoms with E-state index in [9.17, 15) is 0 Å². The van der Waals surface area contributed by atoms with E-state index in [-0.39, 0.29) is 5.54 Å². The van der Waals surface area contributed by atoms with Crippen LogP contribution in [0.15, 0.2) is 89.9 Å². The fraction of sp³-hybridized carbons (Fsp3) is 0.136. The van der Waals surface area contributed by atoms with Gasteiger partial charge in [-0.15, -0.1) is 0 Å². The number of rotatable bonds is 2. The average Bonchev–Trinajstić information content (AvgIpc) is 2.80. The van der Waals surface area contributed by atoms with Gasteiger partial charge in [0.25, 0.3) is 0 Å². The Morgan fingerprint density at radius 3 is 2.17 bits per heavy atom. The quantitative estimate of drug-likeness (QED) is 0.660. The number of fused-ring (bicyclic) bond motifs is 1. The van der Waals surface area contributed by atoms with E-state index >= 15 is 0 Å². The Balaban J connectivity index is 1.87. The molecule has 24 heavy (non-hydrogen) atoms. The van der Waals surface area contributed by atoms with Gasteiger partial charge in [-0.2, -0.15) is 0 Å². The topological polar surface area (TPSA) is 24.4 Å². The smallest absolute Gasteiger partial charge is 0.0864 e. The lowest BCUT2D eigenvalue weighted by Gasteiger charge is -2.32. The molecule has 0 bridgehead atoms. The maximum Gasteiger partial charge on any atom is 0.0864 e. The fourth-order valence-corrected chi connectivity index (χ4v) is 3.32. The summed E-state index contributed by atoms with van der Waals surface area (Å²) in [4.78, 5) is 4.98. The molecule has 0 unspecified atom stereocenters. The van der Waals surface area contributed by atoms with Crippen molar-refractivity contribution in [3.8, 4) is 0 Å². The van der Waals surface area contributed by atoms with Crippen LogP contribution in [0.25, 0.3) is 0 Å². The SMILES string of the molecule is C[C@@]1(c2ccccc2)CC(c2ccccc2)=Nc2ccccc2N1. The molecule has 4 rings (SSSR count). The molecule has 2 heteroatoms. The number of hydrogen-bond donors (Lipinski definition) is 1. The van der Waals surface area contributed by atoms with Crippen molar-refractivity contribution in [2.24, 2.45) is 4.99 Å². The Bertz CT molecular complexity index is 869. The van der Waals surface area contributed by atoms with Crippen LogP contribution in [0.4, 0.5) is 11.4 Å². The van der Waals surface area contributed by atoms with Crippen LogP contribution >= 0.6 is 0 Å². The summed E-state index contributed by atoms with van der Waals surface area (Å²) in [5.74, 6) is 0. The van der Waals surface area contributed by atoms with Gasteiger partial charge in [-0.25, -0.2) is 0 Å². The summed E-state index contributed by atoms with van der Waals surface area (Å²) in [6.07, 6.45) is 0.829. The predicted molar refractivity (Wildman–Crippen MR) is 101 cm³/mol. The summed E-state index contributed by atoms with van der Waals surface area (Å²) < 4.78 is 0. The average molecular weight is 312 g/mol. The number of nitrogens with zero attached hydrogens (tertiary/aromatic N) is 1. The fourth-order valence-electron chi connectivity index (χ4n) is 3.32. The second-order valence-corrected chi connectivity index (χ2v) is 6.44. The Morgan fingerprint density at radius 1 is 0.792 bits per heavy atom. The lowest BCUT2D eigenvalue weighted by molar-refractivity contribution is 0.571. The molecule has 118 valence electrons. The zero-order chi connectivity index (χ0) is 16.4. The van der Waals surface area contributed by atoms with E-state index in [1.807, 2.05) is 12.1 Å². The van der Waals surface area contributed by atoms with E-state index in [1.165, 1.54) is 11.1 Å². The minimum absolute atomic E-state index is 0.206. The molecule has 1 atom stereocenters. The lowest BCUT2D eigenvalue weighted by atomic mass is 9.85. The zero-order valence-corrected chi connectivity index (χ0v) is 13.7. The summed E-state index contributed by atoms with van der Waals surface area (Å²) in [7, 11) is 0. The van der Waals surface area contributed by atoms with Crippen LogP contribution in [0, 0.1) is 0 Å². The van der Waals surface area contributed by atoms with Gasteiger partial charge in [0, 0.05) is 6.42 Å². The third-order valence-electron chi connectivity index (χ3n) is 4.61. The summed E-state index contributed by atoms with van der Waals surface area (Å²) in [6, 6.07) is 29.4. The highest BCUT2D eigenvalue weighted by Crippen LogP contribution is 2.38. The molecule has 0 radical (unpaired) electrons. The van der Waals surface area contributed by atoms with E-state index in [0.717, 1.165) is 23.5 Å². The van der Waals surface area contributed by atoms with Gasteiger partial charge in [0.2, 0.25) is 0 Å². The van der Waals surface area contributed by atoms with Crippen LogP contribution in [0.3, 0.4) is 0 Å². The summed E-state index contributed by atoms with van der Waals surface area (Å²) in [5, 5.41) is 3.74. The van der Waals surface area contributed by atoms with Crippen LogP contribution in [0.5, 0.6) is 0 Å². The van der Waals surface area contributed by atoms with Gasteiger partial charge in [-0.1, -0.05) is 72.8 Å². The first-order chi connectivity index (χ1) is 11.7. The first-order valence-electron chi connectivity index (χ1n) is 8.30. The number of hydrogen-bond acceptors (Lipinski definition) is 2. The minimum Gasteiger partial charge on any atom is -0.374 e. The molecule has 0 amide bonds. The first kappa shape index (κ1) is 14.7. The largest absolute Gasteiger partial charge is 0.374 e. The normalized spacial score (nSPS) is 19.6. The third-order valence-corrected chi connectivity index (χ3v) is 4.61. The van der Waals surface area contributed by atoms with Crippen molar-refractivity contribution in [2.45, 2.75) is 18.9 Å². The molecular formula is C22H20N2. The van der Waals surface area contributed by atoms with Crippen LogP contribution in [0.2, 0.25) is 0 Å². The third kappa shape index (κ3) is 2.71. The number of nitrogens with one attached hydrogen (secondary N) is 1. The van der Waals surface area contributed by atoms with Gasteiger partial charge in [-0.3, -0.25) is 4.99 Å². The van der Waals surface area contributed by atoms with Gasteiger partial charge in [0.15, 0.2) is 0 Å². The molecule has 0 saturated heterocycles. The molecule has 3 aromatic rings. The molecular weight excluding hydrogens is 292 g/mol. The standard InChI is InChI=1S/C22H20N2/c1-22(18-12-6-3-7-13-18)16-21(17-10-4-2-5-11-17)23-19-14-8-9-15-20(19)24-22/h2-15,24H,16H2,1H3/t22-/m0/s1. The van der Waals surface area contributed by atoms with Crippen molar-refractivity contribution < 1.29 is 0 Å². The summed E-state index contributed by atoms with van der Waals surface area (Å²) in [6.45, 7) is 2.25. The number of benzene rings is 3. The van der Waals surface area contributed by atoms with Gasteiger partial charge < -0.3 is 5.32 Å². The van der Waals surface area contributed by atoms with E-state index in [4.69, 9.17) is 4.99 Å². The molecule has 1 N–H and O–H groups in total. The van der Waals surface area contributed by atoms with Crippen molar-refractivity contribution in [3.63, 3.8) is 0 Å². The molecule has 0 fully saturated rings. The van der Waals surface area contributed by atoms with E-state index < -0.39 is 0 Å². The Kier molecular flexibility index (Phi) is 3.66. The van der Waals surface area contributed by atoms with Crippen molar-refractivity contribution in [3.05, 3.63) is 96.1 Å². The molecule has 1 aliphatic heterocycles. The Morgan fingerprint density at radius 2 is 1.42 bits per heavy atom.